The molecule has 18 heavy (non-hydrogen) atoms. The molecule has 1 saturated carbocycles. The molecule has 1 aromatic carbocycles. The molecule has 0 spiro atoms. The van der Waals surface area contributed by atoms with Crippen molar-refractivity contribution in [1.82, 2.24) is 0 Å². The molecule has 1 aliphatic rings. The van der Waals surface area contributed by atoms with E-state index in [1.54, 1.807) is 0 Å². The molecular formula is C15H22Cl2O. The van der Waals surface area contributed by atoms with E-state index in [-0.39, 0.29) is 12.4 Å². The van der Waals surface area contributed by atoms with Gasteiger partial charge >= 0.3 is 0 Å². The number of hydrogen-bond acceptors (Lipinski definition) is 1. The number of aliphatic hydroxyl groups excluding tert-OH is 1. The van der Waals surface area contributed by atoms with Crippen molar-refractivity contribution in [3.8, 4) is 0 Å². The van der Waals surface area contributed by atoms with Gasteiger partial charge in [0, 0.05) is 5.02 Å². The van der Waals surface area contributed by atoms with Crippen LogP contribution in [0.5, 0.6) is 0 Å². The SMILES string of the molecule is CC1(C)CCC[C@H]([C@@H](O)c2ccccc2Cl)C1.Cl. The smallest absolute Gasteiger partial charge is 0.0832 e. The Balaban J connectivity index is 0.00000162. The highest BCUT2D eigenvalue weighted by molar-refractivity contribution is 6.31. The van der Waals surface area contributed by atoms with Gasteiger partial charge in [0.2, 0.25) is 0 Å². The molecule has 0 saturated heterocycles. The zero-order valence-electron chi connectivity index (χ0n) is 11.0. The Labute approximate surface area is 121 Å². The fourth-order valence-electron chi connectivity index (χ4n) is 3.00. The van der Waals surface area contributed by atoms with Crippen LogP contribution < -0.4 is 0 Å². The molecule has 0 bridgehead atoms. The second-order valence-electron chi connectivity index (χ2n) is 5.99. The molecule has 1 nitrogen and oxygen atoms in total. The van der Waals surface area contributed by atoms with Crippen molar-refractivity contribution in [2.24, 2.45) is 11.3 Å². The number of halogens is 2. The molecule has 2 rings (SSSR count). The molecule has 0 aromatic heterocycles. The van der Waals surface area contributed by atoms with Gasteiger partial charge in [-0.3, -0.25) is 0 Å². The van der Waals surface area contributed by atoms with Crippen LogP contribution in [0.4, 0.5) is 0 Å². The Morgan fingerprint density at radius 1 is 1.33 bits per heavy atom. The fourth-order valence-corrected chi connectivity index (χ4v) is 3.24. The van der Waals surface area contributed by atoms with Crippen LogP contribution in [-0.2, 0) is 0 Å². The lowest BCUT2D eigenvalue weighted by Gasteiger charge is -2.37. The molecule has 0 amide bonds. The van der Waals surface area contributed by atoms with E-state index >= 15 is 0 Å². The summed E-state index contributed by atoms with van der Waals surface area (Å²) in [6, 6.07) is 7.64. The van der Waals surface area contributed by atoms with Crippen molar-refractivity contribution in [3.63, 3.8) is 0 Å². The molecule has 1 aromatic rings. The van der Waals surface area contributed by atoms with Crippen LogP contribution >= 0.6 is 24.0 Å². The molecule has 1 fully saturated rings. The summed E-state index contributed by atoms with van der Waals surface area (Å²) in [6.45, 7) is 4.58. The first kappa shape index (κ1) is 15.8. The van der Waals surface area contributed by atoms with Gasteiger partial charge in [-0.05, 0) is 42.2 Å². The van der Waals surface area contributed by atoms with Gasteiger partial charge in [-0.2, -0.15) is 0 Å². The Morgan fingerprint density at radius 2 is 2.00 bits per heavy atom. The van der Waals surface area contributed by atoms with Crippen LogP contribution in [0.25, 0.3) is 0 Å². The molecule has 0 aliphatic heterocycles. The summed E-state index contributed by atoms with van der Waals surface area (Å²) < 4.78 is 0. The summed E-state index contributed by atoms with van der Waals surface area (Å²) in [7, 11) is 0. The second-order valence-corrected chi connectivity index (χ2v) is 6.39. The van der Waals surface area contributed by atoms with Gasteiger partial charge < -0.3 is 5.11 Å². The van der Waals surface area contributed by atoms with Crippen molar-refractivity contribution in [1.29, 1.82) is 0 Å². The van der Waals surface area contributed by atoms with E-state index in [4.69, 9.17) is 11.6 Å². The van der Waals surface area contributed by atoms with Crippen LogP contribution in [0, 0.1) is 11.3 Å². The number of rotatable bonds is 2. The summed E-state index contributed by atoms with van der Waals surface area (Å²) in [4.78, 5) is 0. The van der Waals surface area contributed by atoms with Crippen molar-refractivity contribution >= 4 is 24.0 Å². The minimum absolute atomic E-state index is 0. The number of benzene rings is 1. The predicted molar refractivity (Wildman–Crippen MR) is 79.4 cm³/mol. The second kappa shape index (κ2) is 6.27. The third kappa shape index (κ3) is 3.63. The zero-order chi connectivity index (χ0) is 12.5. The molecule has 1 aliphatic carbocycles. The summed E-state index contributed by atoms with van der Waals surface area (Å²) in [5.74, 6) is 0.346. The topological polar surface area (TPSA) is 20.2 Å². The molecular weight excluding hydrogens is 267 g/mol. The molecule has 0 unspecified atom stereocenters. The molecule has 0 heterocycles. The number of aliphatic hydroxyl groups is 1. The summed E-state index contributed by atoms with van der Waals surface area (Å²) >= 11 is 6.15. The number of hydrogen-bond donors (Lipinski definition) is 1. The fraction of sp³-hybridized carbons (Fsp3) is 0.600. The first-order valence-electron chi connectivity index (χ1n) is 6.42. The van der Waals surface area contributed by atoms with Crippen molar-refractivity contribution < 1.29 is 5.11 Å². The standard InChI is InChI=1S/C15H21ClO.ClH/c1-15(2)9-5-6-11(10-15)14(17)12-7-3-4-8-13(12)16;/h3-4,7-8,11,14,17H,5-6,9-10H2,1-2H3;1H/t11-,14+;/m0./s1. The lowest BCUT2D eigenvalue weighted by molar-refractivity contribution is 0.0460. The van der Waals surface area contributed by atoms with Crippen molar-refractivity contribution in [3.05, 3.63) is 34.9 Å². The Hall–Kier alpha value is -0.240. The zero-order valence-corrected chi connectivity index (χ0v) is 12.6. The van der Waals surface area contributed by atoms with Crippen molar-refractivity contribution in [2.75, 3.05) is 0 Å². The van der Waals surface area contributed by atoms with E-state index in [0.29, 0.717) is 16.4 Å². The van der Waals surface area contributed by atoms with Crippen LogP contribution in [0.1, 0.15) is 51.2 Å². The van der Waals surface area contributed by atoms with E-state index in [2.05, 4.69) is 13.8 Å². The van der Waals surface area contributed by atoms with Crippen LogP contribution in [0.3, 0.4) is 0 Å². The Bertz CT molecular complexity index is 390. The Morgan fingerprint density at radius 3 is 2.61 bits per heavy atom. The van der Waals surface area contributed by atoms with Gasteiger partial charge in [-0.25, -0.2) is 0 Å². The van der Waals surface area contributed by atoms with E-state index in [1.807, 2.05) is 24.3 Å². The quantitative estimate of drug-likeness (QED) is 0.811. The average molecular weight is 289 g/mol. The highest BCUT2D eigenvalue weighted by Crippen LogP contribution is 2.44. The summed E-state index contributed by atoms with van der Waals surface area (Å²) in [5.41, 5.74) is 1.24. The van der Waals surface area contributed by atoms with Gasteiger partial charge in [-0.1, -0.05) is 50.1 Å². The van der Waals surface area contributed by atoms with Crippen LogP contribution in [0.15, 0.2) is 24.3 Å². The van der Waals surface area contributed by atoms with Gasteiger partial charge in [0.1, 0.15) is 0 Å². The molecule has 0 radical (unpaired) electrons. The maximum absolute atomic E-state index is 10.5. The normalized spacial score (nSPS) is 24.1. The monoisotopic (exact) mass is 288 g/mol. The van der Waals surface area contributed by atoms with Crippen LogP contribution in [0.2, 0.25) is 5.02 Å². The van der Waals surface area contributed by atoms with Gasteiger partial charge in [0.15, 0.2) is 0 Å². The van der Waals surface area contributed by atoms with E-state index in [1.165, 1.54) is 12.8 Å². The predicted octanol–water partition coefficient (Wildman–Crippen LogP) is 5.01. The molecule has 2 atom stereocenters. The van der Waals surface area contributed by atoms with E-state index in [9.17, 15) is 5.11 Å². The first-order valence-corrected chi connectivity index (χ1v) is 6.80. The molecule has 102 valence electrons. The maximum Gasteiger partial charge on any atom is 0.0832 e. The van der Waals surface area contributed by atoms with E-state index < -0.39 is 6.10 Å². The van der Waals surface area contributed by atoms with Crippen LogP contribution in [-0.4, -0.2) is 5.11 Å². The average Bonchev–Trinajstić information content (AvgIpc) is 2.27. The van der Waals surface area contributed by atoms with Crippen molar-refractivity contribution in [2.45, 2.75) is 45.6 Å². The maximum atomic E-state index is 10.5. The van der Waals surface area contributed by atoms with Gasteiger partial charge in [-0.15, -0.1) is 12.4 Å². The Kier molecular flexibility index (Phi) is 5.51. The highest BCUT2D eigenvalue weighted by atomic mass is 35.5. The van der Waals surface area contributed by atoms with Gasteiger partial charge in [0.05, 0.1) is 6.10 Å². The lowest BCUT2D eigenvalue weighted by Crippen LogP contribution is -2.26. The minimum atomic E-state index is -0.414. The highest BCUT2D eigenvalue weighted by Gasteiger charge is 2.33. The largest absolute Gasteiger partial charge is 0.388 e. The van der Waals surface area contributed by atoms with E-state index in [0.717, 1.165) is 18.4 Å². The first-order chi connectivity index (χ1) is 7.99. The molecule has 1 N–H and O–H groups in total. The summed E-state index contributed by atoms with van der Waals surface area (Å²) in [6.07, 6.45) is 4.25. The molecule has 3 heteroatoms. The summed E-state index contributed by atoms with van der Waals surface area (Å²) in [5, 5.41) is 11.2. The third-order valence-electron chi connectivity index (χ3n) is 3.91. The van der Waals surface area contributed by atoms with Gasteiger partial charge in [0.25, 0.3) is 0 Å². The third-order valence-corrected chi connectivity index (χ3v) is 4.26. The minimum Gasteiger partial charge on any atom is -0.388 e. The lowest BCUT2D eigenvalue weighted by atomic mass is 9.70.